The Kier molecular flexibility index (Phi) is 3.69. The van der Waals surface area contributed by atoms with E-state index in [9.17, 15) is 4.79 Å². The van der Waals surface area contributed by atoms with Crippen LogP contribution in [-0.2, 0) is 4.79 Å². The first-order valence-corrected chi connectivity index (χ1v) is 4.79. The molecule has 0 bridgehead atoms. The average molecular weight is 185 g/mol. The fourth-order valence-electron chi connectivity index (χ4n) is 1.73. The normalized spacial score (nSPS) is 23.5. The number of carbonyl (C=O) groups excluding carboxylic acids is 1. The highest BCUT2D eigenvalue weighted by molar-refractivity contribution is 5.76. The predicted octanol–water partition coefficient (Wildman–Crippen LogP) is -0.502. The third-order valence-electron chi connectivity index (χ3n) is 2.67. The number of nitrogens with zero attached hydrogens (tertiary/aromatic N) is 2. The van der Waals surface area contributed by atoms with Gasteiger partial charge in [-0.25, -0.2) is 0 Å². The molecule has 1 fully saturated rings. The number of hydrogen-bond donors (Lipinski definition) is 1. The van der Waals surface area contributed by atoms with Gasteiger partial charge in [-0.15, -0.1) is 0 Å². The van der Waals surface area contributed by atoms with E-state index < -0.39 is 0 Å². The van der Waals surface area contributed by atoms with Crippen LogP contribution in [-0.4, -0.2) is 55.5 Å². The quantitative estimate of drug-likeness (QED) is 0.645. The van der Waals surface area contributed by atoms with Crippen molar-refractivity contribution < 1.29 is 4.79 Å². The Morgan fingerprint density at radius 1 is 1.69 bits per heavy atom. The maximum atomic E-state index is 11.5. The minimum absolute atomic E-state index is 0.169. The van der Waals surface area contributed by atoms with Crippen molar-refractivity contribution in [3.05, 3.63) is 0 Å². The minimum atomic E-state index is 0.169. The fraction of sp³-hybridized carbons (Fsp3) is 0.889. The van der Waals surface area contributed by atoms with Gasteiger partial charge in [0.1, 0.15) is 0 Å². The van der Waals surface area contributed by atoms with Gasteiger partial charge in [0.15, 0.2) is 0 Å². The monoisotopic (exact) mass is 185 g/mol. The van der Waals surface area contributed by atoms with E-state index in [0.29, 0.717) is 19.0 Å². The molecular formula is C9H19N3O. The summed E-state index contributed by atoms with van der Waals surface area (Å²) in [6.07, 6.45) is 1.56. The summed E-state index contributed by atoms with van der Waals surface area (Å²) in [4.78, 5) is 15.6. The van der Waals surface area contributed by atoms with Crippen molar-refractivity contribution in [3.63, 3.8) is 0 Å². The van der Waals surface area contributed by atoms with Crippen molar-refractivity contribution in [1.82, 2.24) is 9.80 Å². The minimum Gasteiger partial charge on any atom is -0.341 e. The van der Waals surface area contributed by atoms with Crippen molar-refractivity contribution in [1.29, 1.82) is 0 Å². The maximum absolute atomic E-state index is 11.5. The second kappa shape index (κ2) is 4.58. The SMILES string of the molecule is CN1CCC(N(C)C(=O)CCN)C1. The first-order valence-electron chi connectivity index (χ1n) is 4.79. The Morgan fingerprint density at radius 3 is 2.85 bits per heavy atom. The smallest absolute Gasteiger partial charge is 0.223 e. The topological polar surface area (TPSA) is 49.6 Å². The van der Waals surface area contributed by atoms with E-state index in [0.717, 1.165) is 19.5 Å². The molecule has 0 spiro atoms. The van der Waals surface area contributed by atoms with Crippen molar-refractivity contribution in [3.8, 4) is 0 Å². The first-order chi connectivity index (χ1) is 6.15. The Labute approximate surface area is 79.7 Å². The summed E-state index contributed by atoms with van der Waals surface area (Å²) in [5, 5.41) is 0. The molecule has 0 aromatic heterocycles. The van der Waals surface area contributed by atoms with E-state index in [-0.39, 0.29) is 5.91 Å². The molecule has 0 radical (unpaired) electrons. The van der Waals surface area contributed by atoms with Crippen LogP contribution < -0.4 is 5.73 Å². The molecule has 1 amide bonds. The summed E-state index contributed by atoms with van der Waals surface area (Å²) in [5.74, 6) is 0.169. The van der Waals surface area contributed by atoms with Gasteiger partial charge in [-0.2, -0.15) is 0 Å². The van der Waals surface area contributed by atoms with Crippen LogP contribution in [0.1, 0.15) is 12.8 Å². The van der Waals surface area contributed by atoms with Crippen LogP contribution in [0.3, 0.4) is 0 Å². The molecule has 0 aliphatic carbocycles. The molecule has 1 unspecified atom stereocenters. The molecule has 4 nitrogen and oxygen atoms in total. The summed E-state index contributed by atoms with van der Waals surface area (Å²) < 4.78 is 0. The second-order valence-corrected chi connectivity index (χ2v) is 3.75. The Hall–Kier alpha value is -0.610. The molecular weight excluding hydrogens is 166 g/mol. The summed E-state index contributed by atoms with van der Waals surface area (Å²) in [6, 6.07) is 0.393. The van der Waals surface area contributed by atoms with E-state index >= 15 is 0 Å². The van der Waals surface area contributed by atoms with Crippen LogP contribution in [0.25, 0.3) is 0 Å². The highest BCUT2D eigenvalue weighted by Gasteiger charge is 2.25. The lowest BCUT2D eigenvalue weighted by Gasteiger charge is -2.24. The Balaban J connectivity index is 2.38. The zero-order chi connectivity index (χ0) is 9.84. The maximum Gasteiger partial charge on any atom is 0.223 e. The highest BCUT2D eigenvalue weighted by Crippen LogP contribution is 2.12. The second-order valence-electron chi connectivity index (χ2n) is 3.75. The Bertz CT molecular complexity index is 184. The van der Waals surface area contributed by atoms with Gasteiger partial charge in [0.25, 0.3) is 0 Å². The van der Waals surface area contributed by atoms with Gasteiger partial charge in [0.2, 0.25) is 5.91 Å². The number of rotatable bonds is 3. The molecule has 0 saturated carbocycles. The Morgan fingerprint density at radius 2 is 2.38 bits per heavy atom. The number of carbonyl (C=O) groups is 1. The van der Waals surface area contributed by atoms with Gasteiger partial charge in [-0.1, -0.05) is 0 Å². The van der Waals surface area contributed by atoms with Crippen molar-refractivity contribution in [2.45, 2.75) is 18.9 Å². The van der Waals surface area contributed by atoms with Gasteiger partial charge < -0.3 is 15.5 Å². The van der Waals surface area contributed by atoms with Gasteiger partial charge in [-0.05, 0) is 20.0 Å². The lowest BCUT2D eigenvalue weighted by Crippen LogP contribution is -2.39. The zero-order valence-corrected chi connectivity index (χ0v) is 8.49. The van der Waals surface area contributed by atoms with Crippen LogP contribution in [0.2, 0.25) is 0 Å². The molecule has 1 aliphatic heterocycles. The average Bonchev–Trinajstić information content (AvgIpc) is 2.51. The van der Waals surface area contributed by atoms with Crippen LogP contribution in [0.4, 0.5) is 0 Å². The van der Waals surface area contributed by atoms with Crippen LogP contribution in [0.15, 0.2) is 0 Å². The standard InChI is InChI=1S/C9H19N3O/c1-11-6-4-8(7-11)12(2)9(13)3-5-10/h8H,3-7,10H2,1-2H3. The van der Waals surface area contributed by atoms with E-state index in [1.165, 1.54) is 0 Å². The molecule has 4 heteroatoms. The summed E-state index contributed by atoms with van der Waals surface area (Å²) in [6.45, 7) is 2.53. The number of amides is 1. The van der Waals surface area contributed by atoms with Crippen LogP contribution >= 0.6 is 0 Å². The van der Waals surface area contributed by atoms with Gasteiger partial charge in [0.05, 0.1) is 0 Å². The molecule has 1 saturated heterocycles. The summed E-state index contributed by atoms with van der Waals surface area (Å²) >= 11 is 0. The van der Waals surface area contributed by atoms with Gasteiger partial charge >= 0.3 is 0 Å². The van der Waals surface area contributed by atoms with Crippen molar-refractivity contribution in [2.24, 2.45) is 5.73 Å². The van der Waals surface area contributed by atoms with Crippen LogP contribution in [0.5, 0.6) is 0 Å². The molecule has 0 aromatic carbocycles. The predicted molar refractivity (Wildman–Crippen MR) is 52.3 cm³/mol. The lowest BCUT2D eigenvalue weighted by molar-refractivity contribution is -0.131. The first kappa shape index (κ1) is 10.5. The van der Waals surface area contributed by atoms with Gasteiger partial charge in [-0.3, -0.25) is 4.79 Å². The molecule has 0 aromatic rings. The van der Waals surface area contributed by atoms with E-state index in [4.69, 9.17) is 5.73 Å². The third kappa shape index (κ3) is 2.67. The van der Waals surface area contributed by atoms with Crippen molar-refractivity contribution >= 4 is 5.91 Å². The molecule has 76 valence electrons. The largest absolute Gasteiger partial charge is 0.341 e. The van der Waals surface area contributed by atoms with Gasteiger partial charge in [0, 0.05) is 32.6 Å². The number of nitrogens with two attached hydrogens (primary N) is 1. The highest BCUT2D eigenvalue weighted by atomic mass is 16.2. The van der Waals surface area contributed by atoms with Crippen molar-refractivity contribution in [2.75, 3.05) is 33.7 Å². The zero-order valence-electron chi connectivity index (χ0n) is 8.49. The van der Waals surface area contributed by atoms with E-state index in [2.05, 4.69) is 11.9 Å². The number of likely N-dealkylation sites (tertiary alicyclic amines) is 1. The number of likely N-dealkylation sites (N-methyl/N-ethyl adjacent to an activating group) is 2. The van der Waals surface area contributed by atoms with E-state index in [1.54, 1.807) is 0 Å². The van der Waals surface area contributed by atoms with E-state index in [1.807, 2.05) is 11.9 Å². The molecule has 1 heterocycles. The summed E-state index contributed by atoms with van der Waals surface area (Å²) in [5.41, 5.74) is 5.34. The summed E-state index contributed by atoms with van der Waals surface area (Å²) in [7, 11) is 3.96. The third-order valence-corrected chi connectivity index (χ3v) is 2.67. The molecule has 2 N–H and O–H groups in total. The fourth-order valence-corrected chi connectivity index (χ4v) is 1.73. The number of hydrogen-bond acceptors (Lipinski definition) is 3. The van der Waals surface area contributed by atoms with Crippen LogP contribution in [0, 0.1) is 0 Å². The molecule has 1 atom stereocenters. The molecule has 1 rings (SSSR count). The lowest BCUT2D eigenvalue weighted by atomic mass is 10.2. The molecule has 1 aliphatic rings. The molecule has 13 heavy (non-hydrogen) atoms.